The van der Waals surface area contributed by atoms with Gasteiger partial charge in [0.2, 0.25) is 5.88 Å². The summed E-state index contributed by atoms with van der Waals surface area (Å²) in [4.78, 5) is 38.7. The van der Waals surface area contributed by atoms with Crippen LogP contribution < -0.4 is 22.0 Å². The van der Waals surface area contributed by atoms with Crippen LogP contribution in [0.5, 0.6) is 5.88 Å². The van der Waals surface area contributed by atoms with Crippen molar-refractivity contribution in [1.82, 2.24) is 15.0 Å². The number of anilines is 1. The maximum absolute atomic E-state index is 12.2. The van der Waals surface area contributed by atoms with Crippen LogP contribution in [0.3, 0.4) is 0 Å². The summed E-state index contributed by atoms with van der Waals surface area (Å²) in [6.45, 7) is 1.47. The zero-order chi connectivity index (χ0) is 20.1. The molecule has 1 aromatic heterocycles. The molecule has 9 nitrogen and oxygen atoms in total. The molecule has 0 aliphatic heterocycles. The number of urea groups is 1. The Balaban J connectivity index is 1.83. The summed E-state index contributed by atoms with van der Waals surface area (Å²) < 4.78 is 1.22. The van der Waals surface area contributed by atoms with Gasteiger partial charge in [-0.15, -0.1) is 0 Å². The third-order valence-corrected chi connectivity index (χ3v) is 4.78. The molecule has 0 saturated heterocycles. The molecule has 9 heteroatoms. The standard InChI is InChI=1S/C19H23N5O4/c1-12(22-23-18(27)20-13-8-4-2-5-9-13)15-16(25)21-19(28)24(17(15)26)14-10-6-3-7-11-14/h2,4-5,8-9,14,26H,3,6-7,10-11H2,1H3,(H2,20,23,27)(H,21,25,28). The maximum Gasteiger partial charge on any atom is 0.339 e. The number of nitrogens with one attached hydrogen (secondary N) is 3. The van der Waals surface area contributed by atoms with Gasteiger partial charge >= 0.3 is 11.7 Å². The monoisotopic (exact) mass is 385 g/mol. The van der Waals surface area contributed by atoms with Gasteiger partial charge in [-0.3, -0.25) is 14.3 Å². The molecule has 1 heterocycles. The lowest BCUT2D eigenvalue weighted by Gasteiger charge is -2.25. The zero-order valence-corrected chi connectivity index (χ0v) is 15.6. The molecule has 3 rings (SSSR count). The van der Waals surface area contributed by atoms with Crippen molar-refractivity contribution in [2.45, 2.75) is 45.1 Å². The van der Waals surface area contributed by atoms with Gasteiger partial charge in [-0.05, 0) is 31.9 Å². The predicted octanol–water partition coefficient (Wildman–Crippen LogP) is 2.29. The highest BCUT2D eigenvalue weighted by molar-refractivity contribution is 6.01. The molecule has 1 aliphatic rings. The van der Waals surface area contributed by atoms with Crippen molar-refractivity contribution in [2.24, 2.45) is 5.10 Å². The fraction of sp³-hybridized carbons (Fsp3) is 0.368. The van der Waals surface area contributed by atoms with Gasteiger partial charge in [0.05, 0.1) is 5.71 Å². The number of hydrazone groups is 1. The van der Waals surface area contributed by atoms with E-state index in [0.29, 0.717) is 5.69 Å². The van der Waals surface area contributed by atoms with Gasteiger partial charge in [0, 0.05) is 11.7 Å². The fourth-order valence-corrected chi connectivity index (χ4v) is 3.41. The highest BCUT2D eigenvalue weighted by atomic mass is 16.3. The molecule has 1 aliphatic carbocycles. The largest absolute Gasteiger partial charge is 0.494 e. The van der Waals surface area contributed by atoms with Gasteiger partial charge in [0.15, 0.2) is 0 Å². The minimum Gasteiger partial charge on any atom is -0.494 e. The molecule has 0 radical (unpaired) electrons. The summed E-state index contributed by atoms with van der Waals surface area (Å²) in [6.07, 6.45) is 4.52. The number of H-pyrrole nitrogens is 1. The van der Waals surface area contributed by atoms with Gasteiger partial charge < -0.3 is 10.4 Å². The molecule has 4 N–H and O–H groups in total. The normalized spacial score (nSPS) is 15.2. The molecule has 1 aromatic carbocycles. The van der Waals surface area contributed by atoms with Gasteiger partial charge in [-0.25, -0.2) is 15.0 Å². The molecule has 0 atom stereocenters. The van der Waals surface area contributed by atoms with Crippen LogP contribution in [0.25, 0.3) is 0 Å². The van der Waals surface area contributed by atoms with Crippen LogP contribution >= 0.6 is 0 Å². The summed E-state index contributed by atoms with van der Waals surface area (Å²) in [5.41, 5.74) is 1.43. The lowest BCUT2D eigenvalue weighted by molar-refractivity contribution is 0.252. The highest BCUT2D eigenvalue weighted by Gasteiger charge is 2.24. The molecule has 1 fully saturated rings. The van der Waals surface area contributed by atoms with E-state index >= 15 is 0 Å². The zero-order valence-electron chi connectivity index (χ0n) is 15.6. The van der Waals surface area contributed by atoms with Gasteiger partial charge in [0.25, 0.3) is 5.56 Å². The molecule has 28 heavy (non-hydrogen) atoms. The lowest BCUT2D eigenvalue weighted by Crippen LogP contribution is -2.36. The van der Waals surface area contributed by atoms with Crippen LogP contribution in [0, 0.1) is 0 Å². The van der Waals surface area contributed by atoms with Crippen molar-refractivity contribution in [3.63, 3.8) is 0 Å². The highest BCUT2D eigenvalue weighted by Crippen LogP contribution is 2.30. The first-order valence-electron chi connectivity index (χ1n) is 9.22. The minimum atomic E-state index is -0.749. The minimum absolute atomic E-state index is 0.0894. The van der Waals surface area contributed by atoms with E-state index in [2.05, 4.69) is 20.8 Å². The summed E-state index contributed by atoms with van der Waals surface area (Å²) >= 11 is 0. The molecule has 148 valence electrons. The van der Waals surface area contributed by atoms with E-state index in [1.54, 1.807) is 24.3 Å². The third-order valence-electron chi connectivity index (χ3n) is 4.78. The maximum atomic E-state index is 12.2. The van der Waals surface area contributed by atoms with Gasteiger partial charge in [-0.1, -0.05) is 37.5 Å². The molecule has 1 saturated carbocycles. The topological polar surface area (TPSA) is 129 Å². The number of aromatic hydroxyl groups is 1. The van der Waals surface area contributed by atoms with E-state index < -0.39 is 23.2 Å². The van der Waals surface area contributed by atoms with E-state index in [4.69, 9.17) is 0 Å². The molecule has 0 bridgehead atoms. The number of para-hydroxylation sites is 1. The predicted molar refractivity (Wildman–Crippen MR) is 106 cm³/mol. The molecular weight excluding hydrogens is 362 g/mol. The Hall–Kier alpha value is -3.36. The number of amides is 2. The van der Waals surface area contributed by atoms with Crippen LogP contribution in [0.1, 0.15) is 50.6 Å². The van der Waals surface area contributed by atoms with Crippen molar-refractivity contribution < 1.29 is 9.90 Å². The van der Waals surface area contributed by atoms with E-state index in [-0.39, 0.29) is 17.3 Å². The van der Waals surface area contributed by atoms with Crippen LogP contribution in [0.2, 0.25) is 0 Å². The van der Waals surface area contributed by atoms with Crippen molar-refractivity contribution >= 4 is 17.4 Å². The quantitative estimate of drug-likeness (QED) is 0.475. The summed E-state index contributed by atoms with van der Waals surface area (Å²) in [6, 6.07) is 8.04. The number of nitrogens with zero attached hydrogens (tertiary/aromatic N) is 2. The number of carbonyl (C=O) groups is 1. The SMILES string of the molecule is CC(=NNC(=O)Nc1ccccc1)c1c(O)n(C2CCCCC2)c(=O)[nH]c1=O. The Labute approximate surface area is 161 Å². The first-order valence-corrected chi connectivity index (χ1v) is 9.22. The van der Waals surface area contributed by atoms with Crippen LogP contribution in [-0.4, -0.2) is 26.4 Å². The number of rotatable bonds is 4. The number of hydrogen-bond donors (Lipinski definition) is 4. The van der Waals surface area contributed by atoms with Crippen molar-refractivity contribution in [2.75, 3.05) is 5.32 Å². The number of aromatic amines is 1. The number of hydrogen-bond acceptors (Lipinski definition) is 5. The summed E-state index contributed by atoms with van der Waals surface area (Å²) in [5, 5.41) is 17.1. The third kappa shape index (κ3) is 4.30. The van der Waals surface area contributed by atoms with Crippen molar-refractivity contribution in [1.29, 1.82) is 0 Å². The fourth-order valence-electron chi connectivity index (χ4n) is 3.41. The second-order valence-electron chi connectivity index (χ2n) is 6.75. The van der Waals surface area contributed by atoms with Crippen molar-refractivity contribution in [3.05, 3.63) is 56.7 Å². The number of carbonyl (C=O) groups excluding carboxylic acids is 1. The van der Waals surface area contributed by atoms with Gasteiger partial charge in [0.1, 0.15) is 5.56 Å². The second-order valence-corrected chi connectivity index (χ2v) is 6.75. The molecule has 0 unspecified atom stereocenters. The average molecular weight is 385 g/mol. The average Bonchev–Trinajstić information content (AvgIpc) is 2.67. The number of benzene rings is 1. The van der Waals surface area contributed by atoms with E-state index in [1.165, 1.54) is 11.5 Å². The lowest BCUT2D eigenvalue weighted by atomic mass is 9.95. The Kier molecular flexibility index (Phi) is 5.93. The molecule has 2 amide bonds. The van der Waals surface area contributed by atoms with Crippen LogP contribution in [-0.2, 0) is 0 Å². The Morgan fingerprint density at radius 1 is 1.18 bits per heavy atom. The molecule has 0 spiro atoms. The van der Waals surface area contributed by atoms with E-state index in [9.17, 15) is 19.5 Å². The second kappa shape index (κ2) is 8.55. The summed E-state index contributed by atoms with van der Waals surface area (Å²) in [5.74, 6) is -0.424. The van der Waals surface area contributed by atoms with Crippen LogP contribution in [0.15, 0.2) is 45.0 Å². The Bertz CT molecular complexity index is 988. The smallest absolute Gasteiger partial charge is 0.339 e. The van der Waals surface area contributed by atoms with Crippen LogP contribution in [0.4, 0.5) is 10.5 Å². The Morgan fingerprint density at radius 3 is 2.54 bits per heavy atom. The first kappa shape index (κ1) is 19.4. The Morgan fingerprint density at radius 2 is 1.86 bits per heavy atom. The molecular formula is C19H23N5O4. The van der Waals surface area contributed by atoms with E-state index in [1.807, 2.05) is 6.07 Å². The van der Waals surface area contributed by atoms with E-state index in [0.717, 1.165) is 32.1 Å². The van der Waals surface area contributed by atoms with Crippen molar-refractivity contribution in [3.8, 4) is 5.88 Å². The van der Waals surface area contributed by atoms with Gasteiger partial charge in [-0.2, -0.15) is 5.10 Å². The number of aromatic nitrogens is 2. The first-order chi connectivity index (χ1) is 13.5. The molecule has 2 aromatic rings. The summed E-state index contributed by atoms with van der Waals surface area (Å²) in [7, 11) is 0.